The standard InChI is InChI=1S/C21H20F3N5O4/c1-4-33-18-15(32-3)6-12(7-25-18)14-5-11(2)16-17(27-14)20(31)29(19(16)30)13-8-26-28(9-13)10-21(22,23)24/h5-9,20,31H,4,10H2,1-3H3. The summed E-state index contributed by atoms with van der Waals surface area (Å²) in [6, 6.07) is 3.34. The summed E-state index contributed by atoms with van der Waals surface area (Å²) in [4.78, 5) is 22.7. The Kier molecular flexibility index (Phi) is 5.70. The van der Waals surface area contributed by atoms with E-state index in [1.54, 1.807) is 19.1 Å². The van der Waals surface area contributed by atoms with Crippen LogP contribution in [0.5, 0.6) is 11.6 Å². The number of carbonyl (C=O) groups excluding carboxylic acids is 1. The number of rotatable bonds is 6. The molecule has 0 saturated carbocycles. The number of alkyl halides is 3. The zero-order valence-electron chi connectivity index (χ0n) is 17.9. The fraction of sp³-hybridized carbons (Fsp3) is 0.333. The maximum absolute atomic E-state index is 13.0. The molecule has 1 unspecified atom stereocenters. The summed E-state index contributed by atoms with van der Waals surface area (Å²) in [5.41, 5.74) is 1.84. The number of nitrogens with zero attached hydrogens (tertiary/aromatic N) is 5. The molecule has 1 aliphatic heterocycles. The van der Waals surface area contributed by atoms with Gasteiger partial charge in [-0.15, -0.1) is 0 Å². The smallest absolute Gasteiger partial charge is 0.408 e. The minimum Gasteiger partial charge on any atom is -0.491 e. The van der Waals surface area contributed by atoms with Crippen molar-refractivity contribution in [1.29, 1.82) is 0 Å². The topological polar surface area (TPSA) is 103 Å². The molecule has 0 saturated heterocycles. The molecule has 1 N–H and O–H groups in total. The summed E-state index contributed by atoms with van der Waals surface area (Å²) in [6.45, 7) is 2.59. The van der Waals surface area contributed by atoms with Gasteiger partial charge in [-0.3, -0.25) is 14.4 Å². The number of halogens is 3. The normalized spacial score (nSPS) is 15.7. The Bertz CT molecular complexity index is 1210. The molecule has 4 rings (SSSR count). The van der Waals surface area contributed by atoms with Gasteiger partial charge in [0.1, 0.15) is 12.2 Å². The summed E-state index contributed by atoms with van der Waals surface area (Å²) >= 11 is 0. The molecule has 1 aliphatic rings. The second-order valence-corrected chi connectivity index (χ2v) is 7.31. The van der Waals surface area contributed by atoms with Crippen molar-refractivity contribution in [3.05, 3.63) is 47.5 Å². The van der Waals surface area contributed by atoms with Crippen molar-refractivity contribution in [3.63, 3.8) is 0 Å². The zero-order valence-corrected chi connectivity index (χ0v) is 17.9. The Labute approximate surface area is 186 Å². The van der Waals surface area contributed by atoms with Crippen LogP contribution in [0.2, 0.25) is 0 Å². The van der Waals surface area contributed by atoms with E-state index in [0.29, 0.717) is 39.7 Å². The molecule has 12 heteroatoms. The summed E-state index contributed by atoms with van der Waals surface area (Å²) in [5, 5.41) is 14.5. The number of methoxy groups -OCH3 is 1. The van der Waals surface area contributed by atoms with Crippen LogP contribution in [0, 0.1) is 6.92 Å². The highest BCUT2D eigenvalue weighted by atomic mass is 19.4. The molecular weight excluding hydrogens is 443 g/mol. The summed E-state index contributed by atoms with van der Waals surface area (Å²) in [6.07, 6.45) is -2.29. The molecule has 0 radical (unpaired) electrons. The van der Waals surface area contributed by atoms with Crippen molar-refractivity contribution < 1.29 is 32.5 Å². The number of hydrogen-bond acceptors (Lipinski definition) is 7. The number of anilines is 1. The highest BCUT2D eigenvalue weighted by Gasteiger charge is 2.40. The van der Waals surface area contributed by atoms with Crippen molar-refractivity contribution in [2.45, 2.75) is 32.8 Å². The van der Waals surface area contributed by atoms with Crippen LogP contribution >= 0.6 is 0 Å². The third-order valence-corrected chi connectivity index (χ3v) is 5.02. The fourth-order valence-electron chi connectivity index (χ4n) is 3.63. The Balaban J connectivity index is 1.70. The van der Waals surface area contributed by atoms with Gasteiger partial charge in [-0.25, -0.2) is 9.97 Å². The monoisotopic (exact) mass is 463 g/mol. The van der Waals surface area contributed by atoms with Gasteiger partial charge in [0.2, 0.25) is 0 Å². The number of fused-ring (bicyclic) bond motifs is 1. The van der Waals surface area contributed by atoms with Crippen LogP contribution in [0.4, 0.5) is 18.9 Å². The van der Waals surface area contributed by atoms with E-state index in [2.05, 4.69) is 15.1 Å². The molecule has 0 fully saturated rings. The van der Waals surface area contributed by atoms with E-state index in [4.69, 9.17) is 9.47 Å². The number of amides is 1. The van der Waals surface area contributed by atoms with Crippen LogP contribution in [0.25, 0.3) is 11.3 Å². The average Bonchev–Trinajstić information content (AvgIpc) is 3.29. The largest absolute Gasteiger partial charge is 0.491 e. The molecular formula is C21H20F3N5O4. The molecule has 0 bridgehead atoms. The van der Waals surface area contributed by atoms with Gasteiger partial charge in [0.25, 0.3) is 11.8 Å². The van der Waals surface area contributed by atoms with Gasteiger partial charge >= 0.3 is 6.18 Å². The van der Waals surface area contributed by atoms with E-state index in [1.807, 2.05) is 6.92 Å². The summed E-state index contributed by atoms with van der Waals surface area (Å²) < 4.78 is 49.4. The first-order chi connectivity index (χ1) is 15.6. The Morgan fingerprint density at radius 3 is 2.67 bits per heavy atom. The molecule has 0 aliphatic carbocycles. The summed E-state index contributed by atoms with van der Waals surface area (Å²) in [7, 11) is 1.48. The Morgan fingerprint density at radius 2 is 2.00 bits per heavy atom. The number of aliphatic hydroxyl groups excluding tert-OH is 1. The Hall–Kier alpha value is -3.67. The van der Waals surface area contributed by atoms with E-state index in [1.165, 1.54) is 13.3 Å². The van der Waals surface area contributed by atoms with E-state index in [9.17, 15) is 23.1 Å². The molecule has 1 amide bonds. The van der Waals surface area contributed by atoms with E-state index in [-0.39, 0.29) is 16.9 Å². The summed E-state index contributed by atoms with van der Waals surface area (Å²) in [5.74, 6) is 0.131. The number of pyridine rings is 2. The molecule has 9 nitrogen and oxygen atoms in total. The van der Waals surface area contributed by atoms with E-state index >= 15 is 0 Å². The van der Waals surface area contributed by atoms with Crippen LogP contribution in [0.15, 0.2) is 30.7 Å². The van der Waals surface area contributed by atoms with Crippen molar-refractivity contribution in [2.75, 3.05) is 18.6 Å². The number of ether oxygens (including phenoxy) is 2. The van der Waals surface area contributed by atoms with Crippen molar-refractivity contribution >= 4 is 11.6 Å². The predicted molar refractivity (Wildman–Crippen MR) is 110 cm³/mol. The van der Waals surface area contributed by atoms with Gasteiger partial charge in [0, 0.05) is 18.0 Å². The van der Waals surface area contributed by atoms with Crippen molar-refractivity contribution in [1.82, 2.24) is 19.7 Å². The SMILES string of the molecule is CCOc1ncc(-c2cc(C)c3c(n2)C(O)N(c2cnn(CC(F)(F)F)c2)C3=O)cc1OC. The number of hydrogen-bond donors (Lipinski definition) is 1. The molecule has 174 valence electrons. The lowest BCUT2D eigenvalue weighted by molar-refractivity contribution is -0.142. The van der Waals surface area contributed by atoms with E-state index < -0.39 is 24.9 Å². The lowest BCUT2D eigenvalue weighted by Gasteiger charge is -2.18. The quantitative estimate of drug-likeness (QED) is 0.599. The van der Waals surface area contributed by atoms with Crippen LogP contribution in [-0.2, 0) is 6.54 Å². The lowest BCUT2D eigenvalue weighted by atomic mass is 10.0. The van der Waals surface area contributed by atoms with Gasteiger partial charge in [-0.2, -0.15) is 18.3 Å². The third-order valence-electron chi connectivity index (χ3n) is 5.02. The first kappa shape index (κ1) is 22.5. The fourth-order valence-corrected chi connectivity index (χ4v) is 3.63. The molecule has 4 heterocycles. The third kappa shape index (κ3) is 4.21. The number of carbonyl (C=O) groups is 1. The highest BCUT2D eigenvalue weighted by Crippen LogP contribution is 2.38. The maximum Gasteiger partial charge on any atom is 0.408 e. The Morgan fingerprint density at radius 1 is 1.24 bits per heavy atom. The molecule has 3 aromatic heterocycles. The minimum atomic E-state index is -4.47. The van der Waals surface area contributed by atoms with Gasteiger partial charge in [0.05, 0.1) is 36.9 Å². The zero-order chi connectivity index (χ0) is 23.9. The van der Waals surface area contributed by atoms with Gasteiger partial charge in [-0.05, 0) is 31.5 Å². The molecule has 0 aromatic carbocycles. The average molecular weight is 463 g/mol. The highest BCUT2D eigenvalue weighted by molar-refractivity contribution is 6.11. The second kappa shape index (κ2) is 8.35. The lowest BCUT2D eigenvalue weighted by Crippen LogP contribution is -2.27. The first-order valence-corrected chi connectivity index (χ1v) is 9.92. The predicted octanol–water partition coefficient (Wildman–Crippen LogP) is 3.27. The van der Waals surface area contributed by atoms with Crippen LogP contribution < -0.4 is 14.4 Å². The van der Waals surface area contributed by atoms with E-state index in [0.717, 1.165) is 17.3 Å². The first-order valence-electron chi connectivity index (χ1n) is 9.92. The minimum absolute atomic E-state index is 0.0279. The van der Waals surface area contributed by atoms with Crippen LogP contribution in [-0.4, -0.2) is 50.7 Å². The van der Waals surface area contributed by atoms with Gasteiger partial charge < -0.3 is 14.6 Å². The second-order valence-electron chi connectivity index (χ2n) is 7.31. The van der Waals surface area contributed by atoms with Crippen LogP contribution in [0.1, 0.15) is 34.8 Å². The number of aliphatic hydroxyl groups is 1. The molecule has 3 aromatic rings. The van der Waals surface area contributed by atoms with Crippen molar-refractivity contribution in [2.24, 2.45) is 0 Å². The van der Waals surface area contributed by atoms with Crippen LogP contribution in [0.3, 0.4) is 0 Å². The molecule has 1 atom stereocenters. The van der Waals surface area contributed by atoms with Gasteiger partial charge in [-0.1, -0.05) is 0 Å². The van der Waals surface area contributed by atoms with Gasteiger partial charge in [0.15, 0.2) is 12.0 Å². The number of aryl methyl sites for hydroxylation is 1. The molecule has 33 heavy (non-hydrogen) atoms. The molecule has 0 spiro atoms. The number of aromatic nitrogens is 4. The maximum atomic E-state index is 13.0. The van der Waals surface area contributed by atoms with Crippen molar-refractivity contribution in [3.8, 4) is 22.9 Å².